The number of nitrogens with zero attached hydrogens (tertiary/aromatic N) is 1. The molecule has 0 aromatic carbocycles. The number of aliphatic hydroxyl groups is 1. The SMILES string of the molecule is N#Cc1ccc(C(=O)NCC(O)C2CCCC2)[nH]1. The molecule has 0 spiro atoms. The molecular weight excluding hydrogens is 230 g/mol. The zero-order valence-corrected chi connectivity index (χ0v) is 10.1. The van der Waals surface area contributed by atoms with Crippen LogP contribution in [0, 0.1) is 17.2 Å². The van der Waals surface area contributed by atoms with Crippen molar-refractivity contribution in [3.05, 3.63) is 23.5 Å². The van der Waals surface area contributed by atoms with E-state index in [1.54, 1.807) is 12.1 Å². The first-order chi connectivity index (χ1) is 8.70. The van der Waals surface area contributed by atoms with Crippen LogP contribution in [0.2, 0.25) is 0 Å². The molecule has 5 heteroatoms. The summed E-state index contributed by atoms with van der Waals surface area (Å²) in [5.74, 6) is 0.0251. The molecule has 1 aromatic rings. The minimum Gasteiger partial charge on any atom is -0.391 e. The van der Waals surface area contributed by atoms with Gasteiger partial charge in [0, 0.05) is 6.54 Å². The summed E-state index contributed by atoms with van der Waals surface area (Å²) in [6.07, 6.45) is 3.94. The maximum atomic E-state index is 11.7. The van der Waals surface area contributed by atoms with Gasteiger partial charge in [-0.1, -0.05) is 12.8 Å². The summed E-state index contributed by atoms with van der Waals surface area (Å²) in [5, 5.41) is 21.2. The molecule has 0 radical (unpaired) electrons. The zero-order chi connectivity index (χ0) is 13.0. The molecule has 1 atom stereocenters. The Bertz CT molecular complexity index is 455. The van der Waals surface area contributed by atoms with Crippen LogP contribution < -0.4 is 5.32 Å². The lowest BCUT2D eigenvalue weighted by molar-refractivity contribution is 0.0837. The molecule has 5 nitrogen and oxygen atoms in total. The summed E-state index contributed by atoms with van der Waals surface area (Å²) >= 11 is 0. The van der Waals surface area contributed by atoms with E-state index in [9.17, 15) is 9.90 Å². The number of H-pyrrole nitrogens is 1. The fourth-order valence-corrected chi connectivity index (χ4v) is 2.39. The van der Waals surface area contributed by atoms with Crippen LogP contribution in [0.3, 0.4) is 0 Å². The lowest BCUT2D eigenvalue weighted by Gasteiger charge is -2.17. The number of nitriles is 1. The molecule has 0 saturated heterocycles. The van der Waals surface area contributed by atoms with Gasteiger partial charge in [-0.2, -0.15) is 5.26 Å². The molecule has 1 amide bonds. The van der Waals surface area contributed by atoms with E-state index >= 15 is 0 Å². The monoisotopic (exact) mass is 247 g/mol. The molecule has 2 rings (SSSR count). The van der Waals surface area contributed by atoms with Crippen molar-refractivity contribution < 1.29 is 9.90 Å². The van der Waals surface area contributed by atoms with E-state index in [2.05, 4.69) is 10.3 Å². The Hall–Kier alpha value is -1.80. The van der Waals surface area contributed by atoms with E-state index in [-0.39, 0.29) is 12.5 Å². The van der Waals surface area contributed by atoms with Crippen LogP contribution in [-0.2, 0) is 0 Å². The highest BCUT2D eigenvalue weighted by molar-refractivity contribution is 5.92. The number of aromatic amines is 1. The molecular formula is C13H17N3O2. The smallest absolute Gasteiger partial charge is 0.267 e. The van der Waals surface area contributed by atoms with Crippen LogP contribution in [-0.4, -0.2) is 28.6 Å². The third-order valence-corrected chi connectivity index (χ3v) is 3.47. The molecule has 1 aliphatic carbocycles. The van der Waals surface area contributed by atoms with E-state index in [0.29, 0.717) is 17.3 Å². The quantitative estimate of drug-likeness (QED) is 0.746. The molecule has 1 aliphatic rings. The second-order valence-electron chi connectivity index (χ2n) is 4.72. The fourth-order valence-electron chi connectivity index (χ4n) is 2.39. The van der Waals surface area contributed by atoms with E-state index in [1.165, 1.54) is 0 Å². The van der Waals surface area contributed by atoms with Crippen molar-refractivity contribution in [2.75, 3.05) is 6.54 Å². The molecule has 96 valence electrons. The van der Waals surface area contributed by atoms with Crippen LogP contribution in [0.1, 0.15) is 41.9 Å². The largest absolute Gasteiger partial charge is 0.391 e. The predicted molar refractivity (Wildman–Crippen MR) is 65.8 cm³/mol. The van der Waals surface area contributed by atoms with Gasteiger partial charge in [-0.05, 0) is 30.9 Å². The van der Waals surface area contributed by atoms with E-state index in [1.807, 2.05) is 6.07 Å². The number of amides is 1. The number of hydrogen-bond acceptors (Lipinski definition) is 3. The Morgan fingerprint density at radius 1 is 1.56 bits per heavy atom. The number of aromatic nitrogens is 1. The average Bonchev–Trinajstić information content (AvgIpc) is 3.05. The minimum absolute atomic E-state index is 0.268. The standard InChI is InChI=1S/C13H17N3O2/c14-7-10-5-6-11(16-10)13(18)15-8-12(17)9-3-1-2-4-9/h5-6,9,12,16-17H,1-4,8H2,(H,15,18). The maximum Gasteiger partial charge on any atom is 0.267 e. The van der Waals surface area contributed by atoms with Gasteiger partial charge in [0.25, 0.3) is 5.91 Å². The summed E-state index contributed by atoms with van der Waals surface area (Å²) in [6, 6.07) is 5.05. The normalized spacial score (nSPS) is 17.3. The first kappa shape index (κ1) is 12.7. The highest BCUT2D eigenvalue weighted by Gasteiger charge is 2.23. The summed E-state index contributed by atoms with van der Waals surface area (Å²) in [7, 11) is 0. The highest BCUT2D eigenvalue weighted by atomic mass is 16.3. The second-order valence-corrected chi connectivity index (χ2v) is 4.72. The van der Waals surface area contributed by atoms with E-state index < -0.39 is 6.10 Å². The molecule has 0 aliphatic heterocycles. The average molecular weight is 247 g/mol. The molecule has 1 unspecified atom stereocenters. The molecule has 1 fully saturated rings. The lowest BCUT2D eigenvalue weighted by Crippen LogP contribution is -2.35. The Morgan fingerprint density at radius 2 is 2.28 bits per heavy atom. The van der Waals surface area contributed by atoms with Crippen molar-refractivity contribution in [2.45, 2.75) is 31.8 Å². The van der Waals surface area contributed by atoms with Crippen molar-refractivity contribution in [1.29, 1.82) is 5.26 Å². The number of rotatable bonds is 4. The van der Waals surface area contributed by atoms with Gasteiger partial charge >= 0.3 is 0 Å². The van der Waals surface area contributed by atoms with Gasteiger partial charge in [0.2, 0.25) is 0 Å². The van der Waals surface area contributed by atoms with Crippen molar-refractivity contribution in [3.8, 4) is 6.07 Å². The summed E-state index contributed by atoms with van der Waals surface area (Å²) < 4.78 is 0. The molecule has 1 aromatic heterocycles. The number of carbonyl (C=O) groups excluding carboxylic acids is 1. The molecule has 3 N–H and O–H groups in total. The topological polar surface area (TPSA) is 88.9 Å². The summed E-state index contributed by atoms with van der Waals surface area (Å²) in [6.45, 7) is 0.268. The van der Waals surface area contributed by atoms with E-state index in [0.717, 1.165) is 25.7 Å². The first-order valence-electron chi connectivity index (χ1n) is 6.26. The predicted octanol–water partition coefficient (Wildman–Crippen LogP) is 1.17. The summed E-state index contributed by atoms with van der Waals surface area (Å²) in [4.78, 5) is 14.4. The van der Waals surface area contributed by atoms with Gasteiger partial charge in [-0.25, -0.2) is 0 Å². The Balaban J connectivity index is 1.82. The first-order valence-corrected chi connectivity index (χ1v) is 6.26. The van der Waals surface area contributed by atoms with Crippen LogP contribution in [0.25, 0.3) is 0 Å². The van der Waals surface area contributed by atoms with Crippen LogP contribution in [0.5, 0.6) is 0 Å². The number of carbonyl (C=O) groups is 1. The van der Waals surface area contributed by atoms with Gasteiger partial charge < -0.3 is 15.4 Å². The van der Waals surface area contributed by atoms with Crippen molar-refractivity contribution >= 4 is 5.91 Å². The molecule has 1 heterocycles. The van der Waals surface area contributed by atoms with Crippen LogP contribution in [0.4, 0.5) is 0 Å². The summed E-state index contributed by atoms with van der Waals surface area (Å²) in [5.41, 5.74) is 0.710. The highest BCUT2D eigenvalue weighted by Crippen LogP contribution is 2.27. The maximum absolute atomic E-state index is 11.7. The van der Waals surface area contributed by atoms with Crippen molar-refractivity contribution in [1.82, 2.24) is 10.3 Å². The van der Waals surface area contributed by atoms with Gasteiger partial charge in [0.1, 0.15) is 17.5 Å². The Kier molecular flexibility index (Phi) is 4.00. The Morgan fingerprint density at radius 3 is 2.89 bits per heavy atom. The Labute approximate surface area is 106 Å². The lowest BCUT2D eigenvalue weighted by atomic mass is 10.0. The molecule has 0 bridgehead atoms. The fraction of sp³-hybridized carbons (Fsp3) is 0.538. The van der Waals surface area contributed by atoms with Gasteiger partial charge in [-0.3, -0.25) is 4.79 Å². The van der Waals surface area contributed by atoms with Crippen molar-refractivity contribution in [2.24, 2.45) is 5.92 Å². The van der Waals surface area contributed by atoms with E-state index in [4.69, 9.17) is 5.26 Å². The van der Waals surface area contributed by atoms with Gasteiger partial charge in [-0.15, -0.1) is 0 Å². The van der Waals surface area contributed by atoms with Gasteiger partial charge in [0.15, 0.2) is 0 Å². The molecule has 18 heavy (non-hydrogen) atoms. The van der Waals surface area contributed by atoms with Crippen LogP contribution in [0.15, 0.2) is 12.1 Å². The third kappa shape index (κ3) is 2.90. The van der Waals surface area contributed by atoms with Crippen molar-refractivity contribution in [3.63, 3.8) is 0 Å². The number of hydrogen-bond donors (Lipinski definition) is 3. The third-order valence-electron chi connectivity index (χ3n) is 3.47. The number of nitrogens with one attached hydrogen (secondary N) is 2. The van der Waals surface area contributed by atoms with Gasteiger partial charge in [0.05, 0.1) is 6.10 Å². The zero-order valence-electron chi connectivity index (χ0n) is 10.1. The van der Waals surface area contributed by atoms with Crippen LogP contribution >= 0.6 is 0 Å². The number of aliphatic hydroxyl groups excluding tert-OH is 1. The molecule has 1 saturated carbocycles. The minimum atomic E-state index is -0.471. The second kappa shape index (κ2) is 5.69.